The zero-order valence-electron chi connectivity index (χ0n) is 12.7. The fourth-order valence-corrected chi connectivity index (χ4v) is 3.94. The van der Waals surface area contributed by atoms with E-state index in [-0.39, 0.29) is 0 Å². The smallest absolute Gasteiger partial charge is 0.0230 e. The van der Waals surface area contributed by atoms with Gasteiger partial charge in [-0.05, 0) is 61.7 Å². The second kappa shape index (κ2) is 7.15. The minimum Gasteiger partial charge on any atom is -0.246 e. The van der Waals surface area contributed by atoms with Crippen molar-refractivity contribution < 1.29 is 0 Å². The van der Waals surface area contributed by atoms with E-state index in [9.17, 15) is 0 Å². The van der Waals surface area contributed by atoms with Crippen molar-refractivity contribution in [1.29, 1.82) is 0 Å². The summed E-state index contributed by atoms with van der Waals surface area (Å²) in [5.74, 6) is 0.731. The van der Waals surface area contributed by atoms with Crippen molar-refractivity contribution in [3.8, 4) is 0 Å². The zero-order chi connectivity index (χ0) is 14.5. The standard InChI is InChI=1S/C19H23NS/c1-16-9-11-19(12-10-16)21-20-14-5-8-18(13-15-20)17-6-3-2-4-7-17/h2-4,6-7,9-12,18H,5,8,13-15H2,1H3. The molecule has 2 aromatic rings. The molecule has 110 valence electrons. The summed E-state index contributed by atoms with van der Waals surface area (Å²) in [7, 11) is 0. The highest BCUT2D eigenvalue weighted by molar-refractivity contribution is 7.97. The lowest BCUT2D eigenvalue weighted by molar-refractivity contribution is 0.485. The van der Waals surface area contributed by atoms with Crippen molar-refractivity contribution in [2.24, 2.45) is 0 Å². The van der Waals surface area contributed by atoms with Crippen molar-refractivity contribution in [1.82, 2.24) is 4.31 Å². The molecule has 1 saturated heterocycles. The van der Waals surface area contributed by atoms with E-state index in [0.717, 1.165) is 5.92 Å². The predicted octanol–water partition coefficient (Wildman–Crippen LogP) is 5.27. The zero-order valence-corrected chi connectivity index (χ0v) is 13.5. The van der Waals surface area contributed by atoms with Gasteiger partial charge < -0.3 is 0 Å². The van der Waals surface area contributed by atoms with E-state index in [1.807, 2.05) is 11.9 Å². The van der Waals surface area contributed by atoms with Crippen LogP contribution in [0, 0.1) is 6.92 Å². The van der Waals surface area contributed by atoms with E-state index in [1.165, 1.54) is 48.4 Å². The molecule has 0 radical (unpaired) electrons. The maximum absolute atomic E-state index is 2.54. The lowest BCUT2D eigenvalue weighted by Crippen LogP contribution is -2.16. The Labute approximate surface area is 132 Å². The van der Waals surface area contributed by atoms with E-state index in [0.29, 0.717) is 0 Å². The molecule has 0 spiro atoms. The van der Waals surface area contributed by atoms with Gasteiger partial charge in [0.15, 0.2) is 0 Å². The predicted molar refractivity (Wildman–Crippen MR) is 91.6 cm³/mol. The van der Waals surface area contributed by atoms with Gasteiger partial charge in [0.2, 0.25) is 0 Å². The Balaban J connectivity index is 1.59. The van der Waals surface area contributed by atoms with Gasteiger partial charge in [0.25, 0.3) is 0 Å². The molecule has 0 N–H and O–H groups in total. The normalized spacial score (nSPS) is 20.1. The molecule has 0 amide bonds. The molecule has 1 unspecified atom stereocenters. The third kappa shape index (κ3) is 4.12. The lowest BCUT2D eigenvalue weighted by atomic mass is 9.92. The Hall–Kier alpha value is -1.25. The first-order valence-corrected chi connectivity index (χ1v) is 8.63. The molecule has 0 aliphatic carbocycles. The molecular formula is C19H23NS. The number of hydrogen-bond acceptors (Lipinski definition) is 2. The van der Waals surface area contributed by atoms with Gasteiger partial charge in [0, 0.05) is 18.0 Å². The molecule has 21 heavy (non-hydrogen) atoms. The monoisotopic (exact) mass is 297 g/mol. The summed E-state index contributed by atoms with van der Waals surface area (Å²) >= 11 is 1.92. The first kappa shape index (κ1) is 14.7. The summed E-state index contributed by atoms with van der Waals surface area (Å²) in [6.07, 6.45) is 3.87. The van der Waals surface area contributed by atoms with Gasteiger partial charge in [-0.1, -0.05) is 48.0 Å². The van der Waals surface area contributed by atoms with Crippen molar-refractivity contribution in [2.45, 2.75) is 37.0 Å². The van der Waals surface area contributed by atoms with Crippen LogP contribution in [-0.2, 0) is 0 Å². The first-order chi connectivity index (χ1) is 10.3. The summed E-state index contributed by atoms with van der Waals surface area (Å²) in [6, 6.07) is 19.9. The number of aryl methyl sites for hydroxylation is 1. The molecule has 2 heteroatoms. The Bertz CT molecular complexity index is 550. The topological polar surface area (TPSA) is 3.24 Å². The minimum absolute atomic E-state index is 0.731. The Morgan fingerprint density at radius 2 is 1.67 bits per heavy atom. The average Bonchev–Trinajstić information content (AvgIpc) is 2.76. The number of rotatable bonds is 3. The molecule has 1 aliphatic rings. The quantitative estimate of drug-likeness (QED) is 0.710. The fourth-order valence-electron chi connectivity index (χ4n) is 2.97. The third-order valence-corrected chi connectivity index (χ3v) is 5.32. The van der Waals surface area contributed by atoms with Crippen LogP contribution in [0.3, 0.4) is 0 Å². The van der Waals surface area contributed by atoms with Crippen LogP contribution >= 0.6 is 11.9 Å². The van der Waals surface area contributed by atoms with E-state index >= 15 is 0 Å². The molecule has 1 atom stereocenters. The fraction of sp³-hybridized carbons (Fsp3) is 0.368. The highest BCUT2D eigenvalue weighted by Crippen LogP contribution is 2.32. The van der Waals surface area contributed by atoms with Gasteiger partial charge in [0.05, 0.1) is 0 Å². The largest absolute Gasteiger partial charge is 0.246 e. The van der Waals surface area contributed by atoms with E-state index < -0.39 is 0 Å². The van der Waals surface area contributed by atoms with Crippen molar-refractivity contribution in [2.75, 3.05) is 13.1 Å². The Morgan fingerprint density at radius 1 is 0.905 bits per heavy atom. The van der Waals surface area contributed by atoms with Gasteiger partial charge in [-0.2, -0.15) is 0 Å². The summed E-state index contributed by atoms with van der Waals surface area (Å²) in [6.45, 7) is 4.52. The summed E-state index contributed by atoms with van der Waals surface area (Å²) in [4.78, 5) is 1.36. The molecule has 0 bridgehead atoms. The molecule has 2 aromatic carbocycles. The van der Waals surface area contributed by atoms with Crippen LogP contribution in [0.1, 0.15) is 36.3 Å². The maximum Gasteiger partial charge on any atom is 0.0230 e. The molecule has 1 fully saturated rings. The maximum atomic E-state index is 2.54. The van der Waals surface area contributed by atoms with Gasteiger partial charge in [-0.3, -0.25) is 0 Å². The van der Waals surface area contributed by atoms with Crippen LogP contribution in [0.2, 0.25) is 0 Å². The highest BCUT2D eigenvalue weighted by Gasteiger charge is 2.18. The van der Waals surface area contributed by atoms with Crippen LogP contribution in [0.5, 0.6) is 0 Å². The third-order valence-electron chi connectivity index (χ3n) is 4.21. The van der Waals surface area contributed by atoms with Gasteiger partial charge >= 0.3 is 0 Å². The lowest BCUT2D eigenvalue weighted by Gasteiger charge is -2.19. The molecule has 1 nitrogen and oxygen atoms in total. The van der Waals surface area contributed by atoms with Gasteiger partial charge in [-0.15, -0.1) is 0 Å². The van der Waals surface area contributed by atoms with E-state index in [4.69, 9.17) is 0 Å². The van der Waals surface area contributed by atoms with Crippen LogP contribution in [-0.4, -0.2) is 17.4 Å². The second-order valence-corrected chi connectivity index (χ2v) is 7.04. The SMILES string of the molecule is Cc1ccc(SN2CCCC(c3ccccc3)CC2)cc1. The van der Waals surface area contributed by atoms with E-state index in [1.54, 1.807) is 0 Å². The van der Waals surface area contributed by atoms with Crippen LogP contribution in [0.25, 0.3) is 0 Å². The number of nitrogens with zero attached hydrogens (tertiary/aromatic N) is 1. The molecular weight excluding hydrogens is 274 g/mol. The number of benzene rings is 2. The molecule has 1 aliphatic heterocycles. The molecule has 3 rings (SSSR count). The Morgan fingerprint density at radius 3 is 2.43 bits per heavy atom. The number of hydrogen-bond donors (Lipinski definition) is 0. The van der Waals surface area contributed by atoms with Crippen molar-refractivity contribution >= 4 is 11.9 Å². The van der Waals surface area contributed by atoms with Crippen LogP contribution in [0.15, 0.2) is 59.5 Å². The van der Waals surface area contributed by atoms with Crippen LogP contribution in [0.4, 0.5) is 0 Å². The first-order valence-electron chi connectivity index (χ1n) is 7.86. The summed E-state index contributed by atoms with van der Waals surface area (Å²) in [5, 5.41) is 0. The van der Waals surface area contributed by atoms with Crippen LogP contribution < -0.4 is 0 Å². The second-order valence-electron chi connectivity index (χ2n) is 5.87. The minimum atomic E-state index is 0.731. The van der Waals surface area contributed by atoms with E-state index in [2.05, 4.69) is 65.8 Å². The van der Waals surface area contributed by atoms with Gasteiger partial charge in [0.1, 0.15) is 0 Å². The summed E-state index contributed by atoms with van der Waals surface area (Å²) < 4.78 is 2.54. The molecule has 0 saturated carbocycles. The molecule has 0 aromatic heterocycles. The van der Waals surface area contributed by atoms with Crippen molar-refractivity contribution in [3.05, 3.63) is 65.7 Å². The van der Waals surface area contributed by atoms with Gasteiger partial charge in [-0.25, -0.2) is 4.31 Å². The Kier molecular flexibility index (Phi) is 5.00. The van der Waals surface area contributed by atoms with Crippen molar-refractivity contribution in [3.63, 3.8) is 0 Å². The summed E-state index contributed by atoms with van der Waals surface area (Å²) in [5.41, 5.74) is 2.85. The molecule has 1 heterocycles. The highest BCUT2D eigenvalue weighted by atomic mass is 32.2. The average molecular weight is 297 g/mol.